The summed E-state index contributed by atoms with van der Waals surface area (Å²) in [6.45, 7) is 6.49. The topological polar surface area (TPSA) is 138 Å². The first-order chi connectivity index (χ1) is 22.5. The van der Waals surface area contributed by atoms with Gasteiger partial charge in [-0.05, 0) is 76.3 Å². The first kappa shape index (κ1) is 36.5. The Morgan fingerprint density at radius 3 is 2.45 bits per heavy atom. The fraction of sp³-hybridized carbons (Fsp3) is 0.600. The maximum atomic E-state index is 14.3. The molecule has 0 aromatic heterocycles. The lowest BCUT2D eigenvalue weighted by molar-refractivity contribution is -0.0123. The van der Waals surface area contributed by atoms with Crippen LogP contribution in [0.3, 0.4) is 0 Å². The average Bonchev–Trinajstić information content (AvgIpc) is 3.06. The van der Waals surface area contributed by atoms with Crippen molar-refractivity contribution in [3.05, 3.63) is 54.1 Å². The Balaban J connectivity index is 1.60. The standard InChI is InChI=1S/C35H52N4O7S/c1-25-22-39(26(2)24-40)34(41)31-21-29(37-47(43,44)30-16-9-6-10-17-30)18-19-32(31)46-27(3)13-11-12-20-45-33(25)23-38(4)35(42)36-28-14-7-5-8-15-28/h6,9-10,16-19,21,25-28,33,37,40H,5,7-8,11-15,20,22-24H2,1-4H3,(H,36,42)/t25-,26+,27+,33+/m0/s1. The number of sulfonamides is 1. The van der Waals surface area contributed by atoms with E-state index >= 15 is 0 Å². The number of anilines is 1. The molecule has 47 heavy (non-hydrogen) atoms. The van der Waals surface area contributed by atoms with Gasteiger partial charge in [-0.15, -0.1) is 0 Å². The van der Waals surface area contributed by atoms with Crippen LogP contribution in [0.4, 0.5) is 10.5 Å². The van der Waals surface area contributed by atoms with Gasteiger partial charge < -0.3 is 29.7 Å². The monoisotopic (exact) mass is 672 g/mol. The number of fused-ring (bicyclic) bond motifs is 1. The van der Waals surface area contributed by atoms with Gasteiger partial charge in [0.25, 0.3) is 15.9 Å². The number of nitrogens with zero attached hydrogens (tertiary/aromatic N) is 2. The van der Waals surface area contributed by atoms with Crippen molar-refractivity contribution in [3.63, 3.8) is 0 Å². The van der Waals surface area contributed by atoms with Crippen LogP contribution in [0.5, 0.6) is 5.75 Å². The molecule has 12 heteroatoms. The molecule has 2 aliphatic rings. The number of likely N-dealkylation sites (N-methyl/N-ethyl adjacent to an activating group) is 1. The van der Waals surface area contributed by atoms with E-state index in [0.717, 1.165) is 44.9 Å². The normalized spacial score (nSPS) is 22.7. The number of benzene rings is 2. The Labute approximate surface area is 280 Å². The molecule has 11 nitrogen and oxygen atoms in total. The number of aliphatic hydroxyl groups excluding tert-OH is 1. The molecular weight excluding hydrogens is 620 g/mol. The Morgan fingerprint density at radius 2 is 1.74 bits per heavy atom. The molecule has 3 amide bonds. The Kier molecular flexibility index (Phi) is 13.3. The number of carbonyl (C=O) groups is 2. The summed E-state index contributed by atoms with van der Waals surface area (Å²) in [5.41, 5.74) is 0.408. The molecular formula is C35H52N4O7S. The zero-order chi connectivity index (χ0) is 34.0. The van der Waals surface area contributed by atoms with Crippen molar-refractivity contribution >= 4 is 27.6 Å². The fourth-order valence-electron chi connectivity index (χ4n) is 6.15. The quantitative estimate of drug-likeness (QED) is 0.348. The first-order valence-corrected chi connectivity index (χ1v) is 18.4. The summed E-state index contributed by atoms with van der Waals surface area (Å²) in [6.07, 6.45) is 7.22. The van der Waals surface area contributed by atoms with Gasteiger partial charge in [-0.1, -0.05) is 44.4 Å². The van der Waals surface area contributed by atoms with Gasteiger partial charge in [0.1, 0.15) is 5.75 Å². The number of hydrogen-bond donors (Lipinski definition) is 3. The van der Waals surface area contributed by atoms with E-state index in [4.69, 9.17) is 9.47 Å². The highest BCUT2D eigenvalue weighted by Gasteiger charge is 2.31. The van der Waals surface area contributed by atoms with Crippen LogP contribution in [0.2, 0.25) is 0 Å². The molecule has 2 aromatic carbocycles. The van der Waals surface area contributed by atoms with E-state index in [0.29, 0.717) is 18.9 Å². The lowest BCUT2D eigenvalue weighted by Gasteiger charge is -2.36. The maximum absolute atomic E-state index is 14.3. The van der Waals surface area contributed by atoms with Gasteiger partial charge in [0.15, 0.2) is 0 Å². The zero-order valence-electron chi connectivity index (χ0n) is 28.2. The molecule has 2 aromatic rings. The van der Waals surface area contributed by atoms with Crippen LogP contribution in [0, 0.1) is 5.92 Å². The van der Waals surface area contributed by atoms with Crippen LogP contribution in [0.1, 0.15) is 82.5 Å². The zero-order valence-corrected chi connectivity index (χ0v) is 29.0. The number of nitrogens with one attached hydrogen (secondary N) is 2. The lowest BCUT2D eigenvalue weighted by Crippen LogP contribution is -2.50. The highest BCUT2D eigenvalue weighted by molar-refractivity contribution is 7.92. The number of carbonyl (C=O) groups excluding carboxylic acids is 2. The largest absolute Gasteiger partial charge is 0.490 e. The van der Waals surface area contributed by atoms with Gasteiger partial charge in [0.2, 0.25) is 0 Å². The predicted molar refractivity (Wildman–Crippen MR) is 182 cm³/mol. The Bertz CT molecular complexity index is 1420. The van der Waals surface area contributed by atoms with Crippen molar-refractivity contribution < 1.29 is 32.6 Å². The number of ether oxygens (including phenoxy) is 2. The predicted octanol–water partition coefficient (Wildman–Crippen LogP) is 5.26. The molecule has 0 spiro atoms. The third-order valence-corrected chi connectivity index (χ3v) is 10.5. The van der Waals surface area contributed by atoms with Crippen molar-refractivity contribution in [1.82, 2.24) is 15.1 Å². The Morgan fingerprint density at radius 1 is 1.04 bits per heavy atom. The van der Waals surface area contributed by atoms with Crippen LogP contribution in [-0.2, 0) is 14.8 Å². The summed E-state index contributed by atoms with van der Waals surface area (Å²) in [4.78, 5) is 30.8. The molecule has 1 heterocycles. The van der Waals surface area contributed by atoms with Gasteiger partial charge in [-0.2, -0.15) is 0 Å². The van der Waals surface area contributed by atoms with Crippen molar-refractivity contribution in [2.45, 2.75) is 101 Å². The molecule has 4 atom stereocenters. The van der Waals surface area contributed by atoms with Gasteiger partial charge >= 0.3 is 6.03 Å². The van der Waals surface area contributed by atoms with Gasteiger partial charge in [-0.3, -0.25) is 9.52 Å². The van der Waals surface area contributed by atoms with Crippen molar-refractivity contribution in [1.29, 1.82) is 0 Å². The van der Waals surface area contributed by atoms with E-state index in [1.807, 2.05) is 13.8 Å². The second kappa shape index (κ2) is 17.2. The van der Waals surface area contributed by atoms with Crippen molar-refractivity contribution in [2.24, 2.45) is 5.92 Å². The van der Waals surface area contributed by atoms with Crippen LogP contribution >= 0.6 is 0 Å². The Hall–Kier alpha value is -3.35. The summed E-state index contributed by atoms with van der Waals surface area (Å²) in [7, 11) is -2.14. The minimum atomic E-state index is -3.91. The summed E-state index contributed by atoms with van der Waals surface area (Å²) in [5, 5.41) is 13.4. The van der Waals surface area contributed by atoms with E-state index in [2.05, 4.69) is 10.0 Å². The highest BCUT2D eigenvalue weighted by atomic mass is 32.2. The van der Waals surface area contributed by atoms with E-state index in [1.165, 1.54) is 24.6 Å². The molecule has 3 N–H and O–H groups in total. The molecule has 260 valence electrons. The first-order valence-electron chi connectivity index (χ1n) is 16.9. The van der Waals surface area contributed by atoms with Gasteiger partial charge in [0.05, 0.1) is 35.3 Å². The van der Waals surface area contributed by atoms with Crippen LogP contribution < -0.4 is 14.8 Å². The number of urea groups is 1. The summed E-state index contributed by atoms with van der Waals surface area (Å²) in [5.74, 6) is -0.263. The molecule has 1 saturated carbocycles. The number of amides is 3. The fourth-order valence-corrected chi connectivity index (χ4v) is 7.22. The van der Waals surface area contributed by atoms with Gasteiger partial charge in [0, 0.05) is 44.4 Å². The third kappa shape index (κ3) is 10.3. The van der Waals surface area contributed by atoms with Crippen LogP contribution in [-0.4, -0.2) is 92.9 Å². The number of aliphatic hydroxyl groups is 1. The van der Waals surface area contributed by atoms with E-state index in [-0.39, 0.29) is 59.5 Å². The molecule has 1 fully saturated rings. The molecule has 0 unspecified atom stereocenters. The molecule has 4 rings (SSSR count). The molecule has 0 radical (unpaired) electrons. The molecule has 1 aliphatic heterocycles. The average molecular weight is 673 g/mol. The molecule has 0 saturated heterocycles. The number of rotatable bonds is 8. The molecule has 0 bridgehead atoms. The summed E-state index contributed by atoms with van der Waals surface area (Å²) in [6, 6.07) is 12.2. The van der Waals surface area contributed by atoms with Gasteiger partial charge in [-0.25, -0.2) is 13.2 Å². The second-order valence-corrected chi connectivity index (χ2v) is 14.8. The van der Waals surface area contributed by atoms with Crippen LogP contribution in [0.25, 0.3) is 0 Å². The van der Waals surface area contributed by atoms with E-state index in [1.54, 1.807) is 54.1 Å². The summed E-state index contributed by atoms with van der Waals surface area (Å²) < 4.78 is 41.4. The van der Waals surface area contributed by atoms with Crippen molar-refractivity contribution in [3.8, 4) is 5.75 Å². The number of hydrogen-bond acceptors (Lipinski definition) is 7. The lowest BCUT2D eigenvalue weighted by atomic mass is 9.96. The minimum absolute atomic E-state index is 0.101. The minimum Gasteiger partial charge on any atom is -0.490 e. The van der Waals surface area contributed by atoms with E-state index in [9.17, 15) is 23.1 Å². The highest BCUT2D eigenvalue weighted by Crippen LogP contribution is 2.29. The SMILES string of the molecule is C[C@@H]1CCCCO[C@H](CN(C)C(=O)NC2CCCCC2)[C@@H](C)CN([C@H](C)CO)C(=O)c2cc(NS(=O)(=O)c3ccccc3)ccc2O1. The molecule has 1 aliphatic carbocycles. The van der Waals surface area contributed by atoms with E-state index < -0.39 is 22.0 Å². The third-order valence-electron chi connectivity index (χ3n) is 9.09. The maximum Gasteiger partial charge on any atom is 0.317 e. The smallest absolute Gasteiger partial charge is 0.317 e. The second-order valence-electron chi connectivity index (χ2n) is 13.1. The van der Waals surface area contributed by atoms with Crippen molar-refractivity contribution in [2.75, 3.05) is 38.1 Å². The van der Waals surface area contributed by atoms with Crippen LogP contribution in [0.15, 0.2) is 53.4 Å². The summed E-state index contributed by atoms with van der Waals surface area (Å²) >= 11 is 0.